The fourth-order valence-corrected chi connectivity index (χ4v) is 4.56. The smallest absolute Gasteiger partial charge is 0.338 e. The number of nitrogens with one attached hydrogen (secondary N) is 1. The molecule has 1 aliphatic heterocycles. The van der Waals surface area contributed by atoms with Crippen molar-refractivity contribution in [2.24, 2.45) is 0 Å². The summed E-state index contributed by atoms with van der Waals surface area (Å²) in [6.07, 6.45) is 0. The minimum atomic E-state index is -0.553. The Hall–Kier alpha value is -3.69. The molecule has 2 amide bonds. The molecule has 7 nitrogen and oxygen atoms in total. The first-order valence-corrected chi connectivity index (χ1v) is 11.8. The molecular formula is C26H23FN2O5S. The highest BCUT2D eigenvalue weighted by Crippen LogP contribution is 2.41. The van der Waals surface area contributed by atoms with Crippen LogP contribution in [-0.2, 0) is 14.3 Å². The number of anilines is 2. The molecule has 0 saturated heterocycles. The average Bonchev–Trinajstić information content (AvgIpc) is 2.97. The van der Waals surface area contributed by atoms with E-state index in [1.165, 1.54) is 40.9 Å². The molecular weight excluding hydrogens is 471 g/mol. The van der Waals surface area contributed by atoms with Gasteiger partial charge >= 0.3 is 5.97 Å². The molecule has 35 heavy (non-hydrogen) atoms. The van der Waals surface area contributed by atoms with Crippen molar-refractivity contribution in [2.75, 3.05) is 36.6 Å². The molecule has 1 aliphatic rings. The third-order valence-corrected chi connectivity index (χ3v) is 6.30. The predicted octanol–water partition coefficient (Wildman–Crippen LogP) is 4.77. The third-order valence-electron chi connectivity index (χ3n) is 5.16. The Bertz CT molecular complexity index is 1250. The molecule has 0 aliphatic carbocycles. The highest BCUT2D eigenvalue weighted by atomic mass is 32.2. The van der Waals surface area contributed by atoms with Crippen LogP contribution in [0.3, 0.4) is 0 Å². The Balaban J connectivity index is 1.63. The van der Waals surface area contributed by atoms with Crippen LogP contribution in [0.2, 0.25) is 0 Å². The third kappa shape index (κ3) is 5.87. The largest absolute Gasteiger partial charge is 0.460 e. The van der Waals surface area contributed by atoms with Crippen LogP contribution in [-0.4, -0.2) is 44.1 Å². The van der Waals surface area contributed by atoms with Crippen molar-refractivity contribution in [3.8, 4) is 0 Å². The summed E-state index contributed by atoms with van der Waals surface area (Å²) in [7, 11) is 0. The van der Waals surface area contributed by atoms with Gasteiger partial charge in [0.25, 0.3) is 5.91 Å². The van der Waals surface area contributed by atoms with Crippen molar-refractivity contribution < 1.29 is 28.2 Å². The molecule has 1 N–H and O–H groups in total. The molecule has 0 radical (unpaired) electrons. The van der Waals surface area contributed by atoms with Gasteiger partial charge in [-0.3, -0.25) is 14.5 Å². The highest BCUT2D eigenvalue weighted by Gasteiger charge is 2.29. The first-order valence-electron chi connectivity index (χ1n) is 11.0. The lowest BCUT2D eigenvalue weighted by Crippen LogP contribution is -2.38. The van der Waals surface area contributed by atoms with E-state index in [4.69, 9.17) is 9.47 Å². The molecule has 0 unspecified atom stereocenters. The van der Waals surface area contributed by atoms with Crippen molar-refractivity contribution in [3.05, 3.63) is 83.7 Å². The fourth-order valence-electron chi connectivity index (χ4n) is 3.50. The number of benzene rings is 3. The Morgan fingerprint density at radius 1 is 1.00 bits per heavy atom. The van der Waals surface area contributed by atoms with Crippen molar-refractivity contribution in [1.82, 2.24) is 0 Å². The lowest BCUT2D eigenvalue weighted by Gasteiger charge is -2.23. The zero-order valence-corrected chi connectivity index (χ0v) is 19.8. The fraction of sp³-hybridized carbons (Fsp3) is 0.192. The van der Waals surface area contributed by atoms with E-state index in [-0.39, 0.29) is 31.2 Å². The van der Waals surface area contributed by atoms with Gasteiger partial charge in [0.15, 0.2) is 0 Å². The summed E-state index contributed by atoms with van der Waals surface area (Å²) >= 11 is 1.38. The number of hydrogen-bond donors (Lipinski definition) is 1. The minimum Gasteiger partial charge on any atom is -0.460 e. The molecule has 180 valence electrons. The number of fused-ring (bicyclic) bond motifs is 2. The maximum absolute atomic E-state index is 13.5. The summed E-state index contributed by atoms with van der Waals surface area (Å²) in [5.41, 5.74) is 1.53. The molecule has 0 spiro atoms. The summed E-state index contributed by atoms with van der Waals surface area (Å²) in [6, 6.07) is 17.4. The topological polar surface area (TPSA) is 84.9 Å². The zero-order valence-electron chi connectivity index (χ0n) is 19.0. The van der Waals surface area contributed by atoms with Gasteiger partial charge in [0.2, 0.25) is 5.91 Å². The first kappa shape index (κ1) is 24.4. The maximum Gasteiger partial charge on any atom is 0.338 e. The Kier molecular flexibility index (Phi) is 7.79. The van der Waals surface area contributed by atoms with Crippen LogP contribution in [0.25, 0.3) is 0 Å². The van der Waals surface area contributed by atoms with E-state index in [0.717, 1.165) is 4.90 Å². The summed E-state index contributed by atoms with van der Waals surface area (Å²) in [5.74, 6) is -1.82. The second kappa shape index (κ2) is 11.2. The quantitative estimate of drug-likeness (QED) is 0.359. The lowest BCUT2D eigenvalue weighted by atomic mass is 10.1. The van der Waals surface area contributed by atoms with Crippen LogP contribution in [0.4, 0.5) is 15.8 Å². The molecule has 0 atom stereocenters. The first-order chi connectivity index (χ1) is 17.0. The average molecular weight is 495 g/mol. The molecule has 0 aromatic heterocycles. The van der Waals surface area contributed by atoms with Crippen molar-refractivity contribution in [3.63, 3.8) is 0 Å². The van der Waals surface area contributed by atoms with Gasteiger partial charge in [-0.05, 0) is 61.5 Å². The Morgan fingerprint density at radius 2 is 1.77 bits per heavy atom. The van der Waals surface area contributed by atoms with E-state index < -0.39 is 17.7 Å². The van der Waals surface area contributed by atoms with Gasteiger partial charge in [0, 0.05) is 22.1 Å². The minimum absolute atomic E-state index is 0.104. The summed E-state index contributed by atoms with van der Waals surface area (Å²) in [4.78, 5) is 41.7. The van der Waals surface area contributed by atoms with Crippen LogP contribution >= 0.6 is 11.8 Å². The predicted molar refractivity (Wildman–Crippen MR) is 130 cm³/mol. The maximum atomic E-state index is 13.5. The number of carbonyl (C=O) groups excluding carboxylic acids is 3. The van der Waals surface area contributed by atoms with Crippen LogP contribution in [0, 0.1) is 5.82 Å². The van der Waals surface area contributed by atoms with Crippen molar-refractivity contribution >= 4 is 40.9 Å². The molecule has 1 heterocycles. The van der Waals surface area contributed by atoms with Crippen molar-refractivity contribution in [2.45, 2.75) is 16.7 Å². The number of ether oxygens (including phenoxy) is 2. The van der Waals surface area contributed by atoms with Crippen LogP contribution in [0.15, 0.2) is 76.5 Å². The van der Waals surface area contributed by atoms with Crippen LogP contribution in [0.1, 0.15) is 27.6 Å². The summed E-state index contributed by atoms with van der Waals surface area (Å²) < 4.78 is 23.7. The molecule has 3 aromatic rings. The van der Waals surface area contributed by atoms with E-state index in [1.54, 1.807) is 30.3 Å². The highest BCUT2D eigenvalue weighted by molar-refractivity contribution is 7.99. The SMILES string of the molecule is CCOCCOC(=O)c1ccc2c(c1)N(CC(=O)Nc1ccc(F)cc1)C(=O)c1ccccc1S2. The van der Waals surface area contributed by atoms with E-state index >= 15 is 0 Å². The van der Waals surface area contributed by atoms with E-state index in [2.05, 4.69) is 5.32 Å². The van der Waals surface area contributed by atoms with Crippen LogP contribution < -0.4 is 10.2 Å². The number of nitrogens with zero attached hydrogens (tertiary/aromatic N) is 1. The molecule has 9 heteroatoms. The Labute approximate surface area is 206 Å². The van der Waals surface area contributed by atoms with Gasteiger partial charge < -0.3 is 14.8 Å². The number of carbonyl (C=O) groups is 3. The molecule has 0 bridgehead atoms. The lowest BCUT2D eigenvalue weighted by molar-refractivity contribution is -0.114. The monoisotopic (exact) mass is 494 g/mol. The second-order valence-corrected chi connectivity index (χ2v) is 8.64. The van der Waals surface area contributed by atoms with Gasteiger partial charge in [-0.2, -0.15) is 0 Å². The van der Waals surface area contributed by atoms with E-state index in [9.17, 15) is 18.8 Å². The summed E-state index contributed by atoms with van der Waals surface area (Å²) in [6.45, 7) is 2.45. The van der Waals surface area contributed by atoms with Gasteiger partial charge in [0.1, 0.15) is 19.0 Å². The normalized spacial score (nSPS) is 12.4. The van der Waals surface area contributed by atoms with E-state index in [1.807, 2.05) is 19.1 Å². The number of amides is 2. The van der Waals surface area contributed by atoms with Gasteiger partial charge in [0.05, 0.1) is 23.4 Å². The molecule has 0 fully saturated rings. The number of esters is 1. The number of rotatable bonds is 8. The van der Waals surface area contributed by atoms with Gasteiger partial charge in [-0.15, -0.1) is 0 Å². The summed E-state index contributed by atoms with van der Waals surface area (Å²) in [5, 5.41) is 2.68. The Morgan fingerprint density at radius 3 is 2.54 bits per heavy atom. The van der Waals surface area contributed by atoms with E-state index in [0.29, 0.717) is 28.4 Å². The van der Waals surface area contributed by atoms with Crippen molar-refractivity contribution in [1.29, 1.82) is 0 Å². The molecule has 3 aromatic carbocycles. The van der Waals surface area contributed by atoms with Crippen LogP contribution in [0.5, 0.6) is 0 Å². The zero-order chi connectivity index (χ0) is 24.8. The number of hydrogen-bond acceptors (Lipinski definition) is 6. The molecule has 0 saturated carbocycles. The standard InChI is InChI=1S/C26H23FN2O5S/c1-2-33-13-14-34-26(32)17-7-12-23-21(15-17)29(25(31)20-5-3-4-6-22(20)35-23)16-24(30)28-19-10-8-18(27)9-11-19/h3-12,15H,2,13-14,16H2,1H3,(H,28,30). The second-order valence-electron chi connectivity index (χ2n) is 7.56. The number of halogens is 1. The van der Waals surface area contributed by atoms with Gasteiger partial charge in [-0.25, -0.2) is 9.18 Å². The van der Waals surface area contributed by atoms with Gasteiger partial charge in [-0.1, -0.05) is 23.9 Å². The molecule has 4 rings (SSSR count).